The van der Waals surface area contributed by atoms with Crippen molar-refractivity contribution in [3.8, 4) is 28.4 Å². The van der Waals surface area contributed by atoms with Crippen LogP contribution in [0.15, 0.2) is 30.3 Å². The number of ketones is 1. The third kappa shape index (κ3) is 12.8. The molecule has 0 saturated carbocycles. The van der Waals surface area contributed by atoms with Crippen LogP contribution in [0.1, 0.15) is 72.1 Å². The molecule has 0 fully saturated rings. The van der Waals surface area contributed by atoms with E-state index >= 15 is 0 Å². The number of methoxy groups -OCH3 is 2. The van der Waals surface area contributed by atoms with Gasteiger partial charge in [-0.1, -0.05) is 13.0 Å². The predicted octanol–water partition coefficient (Wildman–Crippen LogP) is 4.24. The summed E-state index contributed by atoms with van der Waals surface area (Å²) in [6.45, 7) is 12.5. The highest BCUT2D eigenvalue weighted by molar-refractivity contribution is 5.92. The molecule has 3 rings (SSSR count). The van der Waals surface area contributed by atoms with Crippen molar-refractivity contribution in [2.24, 2.45) is 5.92 Å². The first-order valence-corrected chi connectivity index (χ1v) is 17.5. The number of carbonyl (C=O) groups excluding carboxylic acids is 5. The summed E-state index contributed by atoms with van der Waals surface area (Å²) in [5.74, 6) is -1.20. The van der Waals surface area contributed by atoms with E-state index in [-0.39, 0.29) is 50.7 Å². The number of amides is 3. The van der Waals surface area contributed by atoms with Gasteiger partial charge in [-0.05, 0) is 84.0 Å². The van der Waals surface area contributed by atoms with Crippen molar-refractivity contribution >= 4 is 29.8 Å². The van der Waals surface area contributed by atoms with Crippen LogP contribution in [0.2, 0.25) is 0 Å². The van der Waals surface area contributed by atoms with Crippen LogP contribution in [0.25, 0.3) is 11.1 Å². The van der Waals surface area contributed by atoms with E-state index in [4.69, 9.17) is 28.4 Å². The Kier molecular flexibility index (Phi) is 14.9. The second-order valence-electron chi connectivity index (χ2n) is 14.6. The molecule has 0 aliphatic carbocycles. The van der Waals surface area contributed by atoms with Gasteiger partial charge >= 0.3 is 18.2 Å². The van der Waals surface area contributed by atoms with Crippen LogP contribution in [-0.4, -0.2) is 94.7 Å². The summed E-state index contributed by atoms with van der Waals surface area (Å²) in [5, 5.41) is 11.1. The van der Waals surface area contributed by atoms with Crippen LogP contribution in [0.3, 0.4) is 0 Å². The number of likely N-dealkylation sites (N-methyl/N-ethyl adjacent to an activating group) is 1. The fourth-order valence-corrected chi connectivity index (χ4v) is 5.53. The fourth-order valence-electron chi connectivity index (χ4n) is 5.53. The van der Waals surface area contributed by atoms with Gasteiger partial charge < -0.3 is 49.7 Å². The van der Waals surface area contributed by atoms with E-state index in [1.165, 1.54) is 14.2 Å². The molecule has 1 aliphatic rings. The molecule has 0 radical (unpaired) electrons. The first-order valence-electron chi connectivity index (χ1n) is 17.5. The van der Waals surface area contributed by atoms with Crippen molar-refractivity contribution in [3.63, 3.8) is 0 Å². The van der Waals surface area contributed by atoms with E-state index in [0.29, 0.717) is 33.8 Å². The molecule has 0 aromatic heterocycles. The zero-order valence-corrected chi connectivity index (χ0v) is 32.4. The number of nitrogens with one attached hydrogen (secondary N) is 4. The summed E-state index contributed by atoms with van der Waals surface area (Å²) in [6.07, 6.45) is -1.30. The molecule has 4 bridgehead atoms. The highest BCUT2D eigenvalue weighted by Crippen LogP contribution is 2.44. The first kappa shape index (κ1) is 42.4. The lowest BCUT2D eigenvalue weighted by molar-refractivity contribution is -0.145. The molecule has 3 atom stereocenters. The average Bonchev–Trinajstić information content (AvgIpc) is 3.06. The molecular weight excluding hydrogens is 688 g/mol. The van der Waals surface area contributed by atoms with Gasteiger partial charge in [-0.3, -0.25) is 9.59 Å². The minimum Gasteiger partial charge on any atom is -0.492 e. The highest BCUT2D eigenvalue weighted by Gasteiger charge is 2.31. The standard InChI is InChI=1S/C38H54N4O11/c1-22-17-28(43)31(39-8)24-11-12-29(50-15-13-40-35(46)52-37(2,3)4)25(21-24)26-18-23(19-27(34(45)49-10)42-33(22)44)20-30(32(26)48-9)51-16-14-41-36(47)53-38(5,6)7/h11-12,18,20-22,27,31,39H,13-17,19H2,1-10H3,(H,40,46)(H,41,47)(H,42,44)/t22-,27+,31+/m1/s1. The Labute approximate surface area is 311 Å². The molecule has 15 nitrogen and oxygen atoms in total. The van der Waals surface area contributed by atoms with E-state index in [1.54, 1.807) is 85.8 Å². The zero-order chi connectivity index (χ0) is 39.5. The Morgan fingerprint density at radius 2 is 1.40 bits per heavy atom. The number of Topliss-reactive ketones (excluding diaryl/α,β-unsaturated/α-hetero) is 1. The molecular formula is C38H54N4O11. The Bertz CT molecular complexity index is 1630. The smallest absolute Gasteiger partial charge is 0.407 e. The summed E-state index contributed by atoms with van der Waals surface area (Å²) in [6, 6.07) is 6.82. The molecule has 15 heteroatoms. The van der Waals surface area contributed by atoms with Crippen molar-refractivity contribution in [2.45, 2.75) is 84.6 Å². The number of ether oxygens (including phenoxy) is 6. The van der Waals surface area contributed by atoms with Crippen molar-refractivity contribution in [3.05, 3.63) is 41.5 Å². The number of esters is 1. The van der Waals surface area contributed by atoms with Crippen LogP contribution < -0.4 is 35.5 Å². The first-order chi connectivity index (χ1) is 24.8. The molecule has 292 valence electrons. The number of benzene rings is 2. The third-order valence-electron chi connectivity index (χ3n) is 7.81. The van der Waals surface area contributed by atoms with Crippen LogP contribution in [-0.2, 0) is 35.0 Å². The second kappa shape index (κ2) is 18.6. The number of hydrogen-bond acceptors (Lipinski definition) is 12. The van der Waals surface area contributed by atoms with Gasteiger partial charge in [0.15, 0.2) is 17.3 Å². The lowest BCUT2D eigenvalue weighted by Gasteiger charge is -2.25. The lowest BCUT2D eigenvalue weighted by Crippen LogP contribution is -2.45. The van der Waals surface area contributed by atoms with E-state index < -0.39 is 53.3 Å². The van der Waals surface area contributed by atoms with Crippen molar-refractivity contribution in [2.75, 3.05) is 47.6 Å². The Balaban J connectivity index is 2.15. The molecule has 2 aromatic carbocycles. The van der Waals surface area contributed by atoms with Crippen molar-refractivity contribution in [1.29, 1.82) is 0 Å². The van der Waals surface area contributed by atoms with Gasteiger partial charge in [0.25, 0.3) is 0 Å². The number of alkyl carbamates (subject to hydrolysis) is 2. The fraction of sp³-hybridized carbons (Fsp3) is 0.553. The summed E-state index contributed by atoms with van der Waals surface area (Å²) in [5.41, 5.74) is 0.821. The molecule has 1 aliphatic heterocycles. The monoisotopic (exact) mass is 742 g/mol. The molecule has 1 heterocycles. The molecule has 0 unspecified atom stereocenters. The van der Waals surface area contributed by atoms with Crippen LogP contribution >= 0.6 is 0 Å². The van der Waals surface area contributed by atoms with Gasteiger partial charge in [-0.25, -0.2) is 14.4 Å². The molecule has 53 heavy (non-hydrogen) atoms. The molecule has 4 N–H and O–H groups in total. The second-order valence-corrected chi connectivity index (χ2v) is 14.6. The molecule has 2 aromatic rings. The van der Waals surface area contributed by atoms with Gasteiger partial charge in [-0.2, -0.15) is 0 Å². The number of fused-ring (bicyclic) bond motifs is 5. The topological polar surface area (TPSA) is 189 Å². The number of rotatable bonds is 11. The highest BCUT2D eigenvalue weighted by atomic mass is 16.6. The Morgan fingerprint density at radius 3 is 1.92 bits per heavy atom. The van der Waals surface area contributed by atoms with Crippen LogP contribution in [0.4, 0.5) is 9.59 Å². The van der Waals surface area contributed by atoms with E-state index in [2.05, 4.69) is 21.3 Å². The Morgan fingerprint density at radius 1 is 0.811 bits per heavy atom. The van der Waals surface area contributed by atoms with Crippen molar-refractivity contribution in [1.82, 2.24) is 21.3 Å². The maximum Gasteiger partial charge on any atom is 0.407 e. The zero-order valence-electron chi connectivity index (χ0n) is 32.4. The largest absolute Gasteiger partial charge is 0.492 e. The van der Waals surface area contributed by atoms with Gasteiger partial charge in [0, 0.05) is 29.9 Å². The lowest BCUT2D eigenvalue weighted by atomic mass is 9.90. The summed E-state index contributed by atoms with van der Waals surface area (Å²) >= 11 is 0. The molecule has 3 amide bonds. The summed E-state index contributed by atoms with van der Waals surface area (Å²) in [7, 11) is 4.34. The maximum atomic E-state index is 13.6. The van der Waals surface area contributed by atoms with Crippen molar-refractivity contribution < 1.29 is 52.4 Å². The SMILES string of the molecule is CN[C@@H]1C(=O)C[C@@H](C)C(=O)N[C@H](C(=O)OC)Cc2cc(OCCNC(=O)OC(C)(C)C)c(OC)c(c2)-c2cc1ccc2OCCNC(=O)OC(C)(C)C. The van der Waals surface area contributed by atoms with Gasteiger partial charge in [-0.15, -0.1) is 0 Å². The van der Waals surface area contributed by atoms with E-state index in [0.717, 1.165) is 0 Å². The van der Waals surface area contributed by atoms with Gasteiger partial charge in [0.1, 0.15) is 36.2 Å². The maximum absolute atomic E-state index is 13.6. The van der Waals surface area contributed by atoms with Crippen LogP contribution in [0.5, 0.6) is 17.2 Å². The average molecular weight is 743 g/mol. The summed E-state index contributed by atoms with van der Waals surface area (Å²) in [4.78, 5) is 64.4. The number of hydrogen-bond donors (Lipinski definition) is 4. The van der Waals surface area contributed by atoms with Gasteiger partial charge in [0.05, 0.1) is 33.4 Å². The Hall–Kier alpha value is -5.05. The number of carbonyl (C=O) groups is 5. The minimum absolute atomic E-state index is 0.00256. The third-order valence-corrected chi connectivity index (χ3v) is 7.81. The quantitative estimate of drug-likeness (QED) is 0.146. The predicted molar refractivity (Wildman–Crippen MR) is 196 cm³/mol. The summed E-state index contributed by atoms with van der Waals surface area (Å²) < 4.78 is 34.0. The van der Waals surface area contributed by atoms with Gasteiger partial charge in [0.2, 0.25) is 5.91 Å². The minimum atomic E-state index is -1.10. The van der Waals surface area contributed by atoms with Crippen LogP contribution in [0, 0.1) is 5.92 Å². The van der Waals surface area contributed by atoms with E-state index in [9.17, 15) is 24.0 Å². The molecule has 0 saturated heterocycles. The normalized spacial score (nSPS) is 17.7. The molecule has 0 spiro atoms. The van der Waals surface area contributed by atoms with E-state index in [1.807, 2.05) is 0 Å².